The van der Waals surface area contributed by atoms with Gasteiger partial charge in [-0.3, -0.25) is 0 Å². The lowest BCUT2D eigenvalue weighted by molar-refractivity contribution is 0.469. The van der Waals surface area contributed by atoms with Gasteiger partial charge in [-0.1, -0.05) is 53.3 Å². The third-order valence-electron chi connectivity index (χ3n) is 3.76. The van der Waals surface area contributed by atoms with Crippen molar-refractivity contribution in [3.8, 4) is 11.5 Å². The molecule has 0 saturated carbocycles. The number of aromatic hydroxyl groups is 2. The summed E-state index contributed by atoms with van der Waals surface area (Å²) in [6.45, 7) is 12.9. The smallest absolute Gasteiger partial charge is 0.115 e. The predicted octanol–water partition coefficient (Wildman–Crippen LogP) is 5.84. The van der Waals surface area contributed by atoms with Gasteiger partial charge < -0.3 is 10.2 Å². The molecule has 0 spiro atoms. The zero-order valence-electron chi connectivity index (χ0n) is 14.8. The minimum Gasteiger partial charge on any atom is -0.508 e. The van der Waals surface area contributed by atoms with E-state index >= 15 is 0 Å². The number of benzene rings is 2. The van der Waals surface area contributed by atoms with E-state index in [2.05, 4.69) is 41.5 Å². The van der Waals surface area contributed by atoms with Gasteiger partial charge >= 0.3 is 0 Å². The zero-order valence-corrected chi connectivity index (χ0v) is 15.6. The molecule has 2 N–H and O–H groups in total. The van der Waals surface area contributed by atoms with Crippen molar-refractivity contribution in [2.75, 3.05) is 0 Å². The quantitative estimate of drug-likeness (QED) is 0.726. The van der Waals surface area contributed by atoms with E-state index in [1.165, 1.54) is 0 Å². The molecule has 0 saturated heterocycles. The highest BCUT2D eigenvalue weighted by atomic mass is 32.2. The molecule has 0 aliphatic carbocycles. The Balaban J connectivity index is 2.53. The second-order valence-electron chi connectivity index (χ2n) is 7.96. The van der Waals surface area contributed by atoms with Crippen LogP contribution in [0.15, 0.2) is 46.2 Å². The minimum atomic E-state index is -0.0557. The minimum absolute atomic E-state index is 0.0557. The molecular formula is C20H26O2S. The largest absolute Gasteiger partial charge is 0.508 e. The van der Waals surface area contributed by atoms with Crippen LogP contribution in [0.4, 0.5) is 0 Å². The zero-order chi connectivity index (χ0) is 17.4. The SMILES string of the molecule is CC(C)(C)c1cc(O)ccc1Sc1ccc(O)cc1C(C)(C)C. The third-order valence-corrected chi connectivity index (χ3v) is 4.91. The summed E-state index contributed by atoms with van der Waals surface area (Å²) in [5, 5.41) is 19.7. The van der Waals surface area contributed by atoms with E-state index in [4.69, 9.17) is 0 Å². The molecule has 2 aromatic carbocycles. The highest BCUT2D eigenvalue weighted by Crippen LogP contribution is 2.42. The lowest BCUT2D eigenvalue weighted by Crippen LogP contribution is -2.14. The molecule has 0 fully saturated rings. The van der Waals surface area contributed by atoms with Crippen LogP contribution in [-0.4, -0.2) is 10.2 Å². The van der Waals surface area contributed by atoms with E-state index in [1.54, 1.807) is 23.9 Å². The van der Waals surface area contributed by atoms with Gasteiger partial charge in [-0.05, 0) is 58.4 Å². The maximum absolute atomic E-state index is 9.84. The van der Waals surface area contributed by atoms with Gasteiger partial charge in [0.25, 0.3) is 0 Å². The molecule has 2 rings (SSSR count). The topological polar surface area (TPSA) is 40.5 Å². The summed E-state index contributed by atoms with van der Waals surface area (Å²) >= 11 is 1.69. The highest BCUT2D eigenvalue weighted by molar-refractivity contribution is 7.99. The van der Waals surface area contributed by atoms with Gasteiger partial charge in [0.15, 0.2) is 0 Å². The van der Waals surface area contributed by atoms with Crippen LogP contribution in [0.1, 0.15) is 52.7 Å². The van der Waals surface area contributed by atoms with Crippen molar-refractivity contribution in [1.82, 2.24) is 0 Å². The van der Waals surface area contributed by atoms with Crippen molar-refractivity contribution in [3.05, 3.63) is 47.5 Å². The van der Waals surface area contributed by atoms with Crippen molar-refractivity contribution in [3.63, 3.8) is 0 Å². The standard InChI is InChI=1S/C20H26O2S/c1-19(2,3)15-11-13(21)7-9-17(15)23-18-10-8-14(22)12-16(18)20(4,5)6/h7-12,21-22H,1-6H3. The Morgan fingerprint density at radius 2 is 1.00 bits per heavy atom. The summed E-state index contributed by atoms with van der Waals surface area (Å²) in [6, 6.07) is 11.1. The summed E-state index contributed by atoms with van der Waals surface area (Å²) in [7, 11) is 0. The first-order chi connectivity index (χ1) is 10.5. The van der Waals surface area contributed by atoms with E-state index in [-0.39, 0.29) is 10.8 Å². The summed E-state index contributed by atoms with van der Waals surface area (Å²) in [4.78, 5) is 2.26. The molecule has 0 aromatic heterocycles. The molecule has 0 radical (unpaired) electrons. The van der Waals surface area contributed by atoms with Crippen LogP contribution in [0.25, 0.3) is 0 Å². The molecule has 0 unspecified atom stereocenters. The van der Waals surface area contributed by atoms with Gasteiger partial charge in [0, 0.05) is 9.79 Å². The fourth-order valence-corrected chi connectivity index (χ4v) is 3.96. The number of hydrogen-bond acceptors (Lipinski definition) is 3. The normalized spacial score (nSPS) is 12.4. The molecule has 0 amide bonds. The Morgan fingerprint density at radius 3 is 1.30 bits per heavy atom. The van der Waals surface area contributed by atoms with Gasteiger partial charge in [-0.2, -0.15) is 0 Å². The molecule has 3 heteroatoms. The Kier molecular flexibility index (Phi) is 4.72. The van der Waals surface area contributed by atoms with Gasteiger partial charge in [0.1, 0.15) is 11.5 Å². The number of rotatable bonds is 2. The van der Waals surface area contributed by atoms with Crippen LogP contribution < -0.4 is 0 Å². The Hall–Kier alpha value is -1.61. The van der Waals surface area contributed by atoms with Gasteiger partial charge in [0.2, 0.25) is 0 Å². The Labute approximate surface area is 143 Å². The molecule has 2 aromatic rings. The van der Waals surface area contributed by atoms with Crippen molar-refractivity contribution in [1.29, 1.82) is 0 Å². The number of phenolic OH excluding ortho intramolecular Hbond substituents is 2. The highest BCUT2D eigenvalue weighted by Gasteiger charge is 2.23. The summed E-state index contributed by atoms with van der Waals surface area (Å²) in [6.07, 6.45) is 0. The third kappa shape index (κ3) is 4.23. The first kappa shape index (κ1) is 17.7. The summed E-state index contributed by atoms with van der Waals surface area (Å²) in [5.74, 6) is 0.585. The average molecular weight is 330 g/mol. The second kappa shape index (κ2) is 6.12. The lowest BCUT2D eigenvalue weighted by Gasteiger charge is -2.26. The molecule has 124 valence electrons. The molecule has 0 atom stereocenters. The maximum Gasteiger partial charge on any atom is 0.115 e. The molecule has 0 bridgehead atoms. The van der Waals surface area contributed by atoms with E-state index in [0.717, 1.165) is 20.9 Å². The van der Waals surface area contributed by atoms with Crippen LogP contribution in [0.2, 0.25) is 0 Å². The van der Waals surface area contributed by atoms with E-state index in [0.29, 0.717) is 11.5 Å². The second-order valence-corrected chi connectivity index (χ2v) is 9.05. The number of phenols is 2. The molecule has 0 heterocycles. The molecule has 0 aliphatic rings. The van der Waals surface area contributed by atoms with E-state index < -0.39 is 0 Å². The fourth-order valence-electron chi connectivity index (χ4n) is 2.50. The van der Waals surface area contributed by atoms with Crippen LogP contribution in [0, 0.1) is 0 Å². The molecule has 2 nitrogen and oxygen atoms in total. The molecule has 23 heavy (non-hydrogen) atoms. The monoisotopic (exact) mass is 330 g/mol. The van der Waals surface area contributed by atoms with Crippen molar-refractivity contribution >= 4 is 11.8 Å². The first-order valence-electron chi connectivity index (χ1n) is 7.83. The molecule has 0 aliphatic heterocycles. The predicted molar refractivity (Wildman–Crippen MR) is 97.7 cm³/mol. The van der Waals surface area contributed by atoms with Crippen molar-refractivity contribution < 1.29 is 10.2 Å². The maximum atomic E-state index is 9.84. The van der Waals surface area contributed by atoms with E-state index in [9.17, 15) is 10.2 Å². The van der Waals surface area contributed by atoms with Crippen LogP contribution in [-0.2, 0) is 10.8 Å². The summed E-state index contributed by atoms with van der Waals surface area (Å²) < 4.78 is 0. The lowest BCUT2D eigenvalue weighted by atomic mass is 9.87. The van der Waals surface area contributed by atoms with Crippen molar-refractivity contribution in [2.45, 2.75) is 62.2 Å². The molecular weight excluding hydrogens is 304 g/mol. The summed E-state index contributed by atoms with van der Waals surface area (Å²) in [5.41, 5.74) is 2.13. The number of hydrogen-bond donors (Lipinski definition) is 2. The Bertz CT molecular complexity index is 645. The van der Waals surface area contributed by atoms with Gasteiger partial charge in [-0.15, -0.1) is 0 Å². The van der Waals surface area contributed by atoms with Crippen LogP contribution in [0.3, 0.4) is 0 Å². The van der Waals surface area contributed by atoms with E-state index in [1.807, 2.05) is 24.3 Å². The van der Waals surface area contributed by atoms with Crippen molar-refractivity contribution in [2.24, 2.45) is 0 Å². The van der Waals surface area contributed by atoms with Crippen LogP contribution >= 0.6 is 11.8 Å². The fraction of sp³-hybridized carbons (Fsp3) is 0.400. The Morgan fingerprint density at radius 1 is 0.652 bits per heavy atom. The van der Waals surface area contributed by atoms with Gasteiger partial charge in [0.05, 0.1) is 0 Å². The average Bonchev–Trinajstić information content (AvgIpc) is 2.40. The first-order valence-corrected chi connectivity index (χ1v) is 8.65. The van der Waals surface area contributed by atoms with Gasteiger partial charge in [-0.25, -0.2) is 0 Å². The van der Waals surface area contributed by atoms with Crippen LogP contribution in [0.5, 0.6) is 11.5 Å².